The van der Waals surface area contributed by atoms with E-state index >= 15 is 0 Å². The number of fused-ring (bicyclic) bond motifs is 1. The summed E-state index contributed by atoms with van der Waals surface area (Å²) in [7, 11) is 0. The van der Waals surface area contributed by atoms with Crippen LogP contribution in [0.1, 0.15) is 22.3 Å². The lowest BCUT2D eigenvalue weighted by Crippen LogP contribution is -2.46. The van der Waals surface area contributed by atoms with Gasteiger partial charge in [-0.2, -0.15) is 13.2 Å². The molecule has 130 valence electrons. The van der Waals surface area contributed by atoms with Crippen LogP contribution in [-0.4, -0.2) is 27.3 Å². The van der Waals surface area contributed by atoms with E-state index in [2.05, 4.69) is 4.99 Å². The van der Waals surface area contributed by atoms with Crippen LogP contribution < -0.4 is 16.3 Å². The lowest BCUT2D eigenvalue weighted by molar-refractivity contribution is -0.137. The topological polar surface area (TPSA) is 91.9 Å². The first-order valence-electron chi connectivity index (χ1n) is 7.15. The van der Waals surface area contributed by atoms with E-state index in [9.17, 15) is 33.0 Å². The van der Waals surface area contributed by atoms with Crippen molar-refractivity contribution >= 4 is 12.0 Å². The summed E-state index contributed by atoms with van der Waals surface area (Å²) in [5, 5.41) is 19.3. The monoisotopic (exact) mass is 352 g/mol. The third kappa shape index (κ3) is 2.77. The third-order valence-corrected chi connectivity index (χ3v) is 3.75. The van der Waals surface area contributed by atoms with Gasteiger partial charge in [-0.15, -0.1) is 0 Å². The van der Waals surface area contributed by atoms with E-state index in [1.807, 2.05) is 0 Å². The average Bonchev–Trinajstić information content (AvgIpc) is 2.54. The second kappa shape index (κ2) is 5.76. The van der Waals surface area contributed by atoms with Gasteiger partial charge in [0.2, 0.25) is 0 Å². The molecule has 2 heterocycles. The number of rotatable bonds is 2. The van der Waals surface area contributed by atoms with Crippen molar-refractivity contribution in [2.45, 2.75) is 12.6 Å². The summed E-state index contributed by atoms with van der Waals surface area (Å²) < 4.78 is 39.6. The zero-order valence-corrected chi connectivity index (χ0v) is 12.5. The quantitative estimate of drug-likeness (QED) is 0.846. The number of pyridine rings is 1. The molecule has 2 N–H and O–H groups in total. The fraction of sp³-hybridized carbons (Fsp3) is 0.188. The van der Waals surface area contributed by atoms with E-state index in [0.717, 1.165) is 22.8 Å². The van der Waals surface area contributed by atoms with Gasteiger partial charge in [0.05, 0.1) is 16.5 Å². The normalized spacial score (nSPS) is 13.6. The predicted octanol–water partition coefficient (Wildman–Crippen LogP) is 1.06. The van der Waals surface area contributed by atoms with Crippen molar-refractivity contribution in [3.05, 3.63) is 56.5 Å². The molecule has 0 saturated heterocycles. The van der Waals surface area contributed by atoms with Gasteiger partial charge in [-0.1, -0.05) is 12.1 Å². The molecule has 0 unspecified atom stereocenters. The Morgan fingerprint density at radius 1 is 1.28 bits per heavy atom. The van der Waals surface area contributed by atoms with Crippen LogP contribution in [0.5, 0.6) is 5.75 Å². The third-order valence-electron chi connectivity index (χ3n) is 3.75. The maximum Gasteiger partial charge on any atom is 0.416 e. The van der Waals surface area contributed by atoms with Crippen LogP contribution in [-0.2, 0) is 6.18 Å². The van der Waals surface area contributed by atoms with Crippen molar-refractivity contribution in [2.24, 2.45) is 4.99 Å². The molecule has 1 aliphatic rings. The van der Waals surface area contributed by atoms with Crippen molar-refractivity contribution in [1.82, 2.24) is 4.57 Å². The summed E-state index contributed by atoms with van der Waals surface area (Å²) >= 11 is 0. The summed E-state index contributed by atoms with van der Waals surface area (Å²) in [6.07, 6.45) is -2.73. The molecule has 1 aromatic heterocycles. The van der Waals surface area contributed by atoms with E-state index in [1.165, 1.54) is 12.1 Å². The van der Waals surface area contributed by atoms with Crippen molar-refractivity contribution in [3.8, 4) is 11.4 Å². The van der Waals surface area contributed by atoms with E-state index in [-0.39, 0.29) is 22.9 Å². The molecule has 1 aliphatic heterocycles. The molecule has 0 bridgehead atoms. The molecule has 0 aliphatic carbocycles. The number of benzene rings is 1. The minimum atomic E-state index is -4.63. The minimum Gasteiger partial charge on any atom is -0.506 e. The number of aromatic carboxylic acids is 1. The number of hydrogen-bond acceptors (Lipinski definition) is 4. The van der Waals surface area contributed by atoms with Gasteiger partial charge in [-0.3, -0.25) is 14.4 Å². The highest BCUT2D eigenvalue weighted by molar-refractivity contribution is 5.90. The second-order valence-corrected chi connectivity index (χ2v) is 5.33. The lowest BCUT2D eigenvalue weighted by Gasteiger charge is -2.14. The molecule has 6 nitrogen and oxygen atoms in total. The molecule has 25 heavy (non-hydrogen) atoms. The molecule has 0 saturated carbocycles. The zero-order valence-electron chi connectivity index (χ0n) is 12.5. The summed E-state index contributed by atoms with van der Waals surface area (Å²) in [4.78, 5) is 28.0. The van der Waals surface area contributed by atoms with Crippen LogP contribution in [0.2, 0.25) is 0 Å². The Labute approximate surface area is 137 Å². The highest BCUT2D eigenvalue weighted by atomic mass is 19.4. The van der Waals surface area contributed by atoms with E-state index in [0.29, 0.717) is 6.42 Å². The fourth-order valence-electron chi connectivity index (χ4n) is 2.65. The number of carboxylic acids is 1. The standard InChI is InChI=1S/C16H11F3N2O4/c17-16(18,19)8-3-1-4-9(7-8)21-13-10(5-2-6-20-13)12(22)11(14(21)23)15(24)25/h1,3-5,7,22H,2,6H2,(H,24,25). The smallest absolute Gasteiger partial charge is 0.416 e. The number of alkyl halides is 3. The first-order valence-corrected chi connectivity index (χ1v) is 7.15. The largest absolute Gasteiger partial charge is 0.506 e. The van der Waals surface area contributed by atoms with E-state index in [4.69, 9.17) is 0 Å². The van der Waals surface area contributed by atoms with Crippen LogP contribution in [0.25, 0.3) is 11.8 Å². The van der Waals surface area contributed by atoms with Crippen molar-refractivity contribution in [1.29, 1.82) is 0 Å². The van der Waals surface area contributed by atoms with Gasteiger partial charge in [0.15, 0.2) is 5.56 Å². The number of aromatic hydroxyl groups is 1. The molecular formula is C16H11F3N2O4. The number of halogens is 3. The van der Waals surface area contributed by atoms with Crippen LogP contribution >= 0.6 is 0 Å². The molecule has 0 fully saturated rings. The van der Waals surface area contributed by atoms with Crippen LogP contribution in [0.15, 0.2) is 34.1 Å². The lowest BCUT2D eigenvalue weighted by atomic mass is 10.1. The molecule has 1 aromatic carbocycles. The van der Waals surface area contributed by atoms with Gasteiger partial charge >= 0.3 is 12.1 Å². The minimum absolute atomic E-state index is 0.0145. The van der Waals surface area contributed by atoms with Gasteiger partial charge < -0.3 is 10.2 Å². The summed E-state index contributed by atoms with van der Waals surface area (Å²) in [5.41, 5.74) is -3.31. The number of aromatic nitrogens is 1. The molecular weight excluding hydrogens is 341 g/mol. The summed E-state index contributed by atoms with van der Waals surface area (Å²) in [6.45, 7) is 0.261. The fourth-order valence-corrected chi connectivity index (χ4v) is 2.65. The molecule has 0 spiro atoms. The highest BCUT2D eigenvalue weighted by Crippen LogP contribution is 2.30. The van der Waals surface area contributed by atoms with E-state index < -0.39 is 34.6 Å². The van der Waals surface area contributed by atoms with Crippen LogP contribution in [0, 0.1) is 0 Å². The maximum absolute atomic E-state index is 12.9. The Kier molecular flexibility index (Phi) is 3.86. The SMILES string of the molecule is O=C(O)c1c(O)c2c(n(-c3cccc(C(F)(F)F)c3)c1=O)=NCCC=2. The van der Waals surface area contributed by atoms with Crippen molar-refractivity contribution in [2.75, 3.05) is 6.54 Å². The number of nitrogens with zero attached hydrogens (tertiary/aromatic N) is 2. The van der Waals surface area contributed by atoms with Crippen LogP contribution in [0.3, 0.4) is 0 Å². The van der Waals surface area contributed by atoms with Gasteiger partial charge in [0, 0.05) is 6.54 Å². The average molecular weight is 352 g/mol. The molecule has 3 rings (SSSR count). The molecule has 2 aromatic rings. The number of carbonyl (C=O) groups is 1. The Hall–Kier alpha value is -3.10. The molecule has 0 atom stereocenters. The predicted molar refractivity (Wildman–Crippen MR) is 80.4 cm³/mol. The Bertz CT molecular complexity index is 1050. The second-order valence-electron chi connectivity index (χ2n) is 5.33. The summed E-state index contributed by atoms with van der Waals surface area (Å²) in [6, 6.07) is 3.91. The number of hydrogen-bond donors (Lipinski definition) is 2. The molecule has 0 radical (unpaired) electrons. The Morgan fingerprint density at radius 3 is 2.64 bits per heavy atom. The molecule has 9 heteroatoms. The van der Waals surface area contributed by atoms with Gasteiger partial charge in [-0.25, -0.2) is 4.79 Å². The summed E-state index contributed by atoms with van der Waals surface area (Å²) in [5.74, 6) is -2.41. The highest BCUT2D eigenvalue weighted by Gasteiger charge is 2.31. The Balaban J connectivity index is 2.45. The zero-order chi connectivity index (χ0) is 18.4. The molecule has 0 amide bonds. The van der Waals surface area contributed by atoms with Gasteiger partial charge in [0.25, 0.3) is 5.56 Å². The van der Waals surface area contributed by atoms with Gasteiger partial charge in [0.1, 0.15) is 11.2 Å². The first kappa shape index (κ1) is 16.7. The first-order chi connectivity index (χ1) is 11.7. The van der Waals surface area contributed by atoms with Crippen LogP contribution in [0.4, 0.5) is 13.2 Å². The van der Waals surface area contributed by atoms with Crippen molar-refractivity contribution < 1.29 is 28.2 Å². The maximum atomic E-state index is 12.9. The van der Waals surface area contributed by atoms with Crippen molar-refractivity contribution in [3.63, 3.8) is 0 Å². The number of carboxylic acid groups (broad SMARTS) is 1. The Morgan fingerprint density at radius 2 is 2.00 bits per heavy atom. The van der Waals surface area contributed by atoms with E-state index in [1.54, 1.807) is 0 Å². The van der Waals surface area contributed by atoms with Gasteiger partial charge in [-0.05, 0) is 24.6 Å².